The van der Waals surface area contributed by atoms with Crippen LogP contribution in [0.5, 0.6) is 5.75 Å². The van der Waals surface area contributed by atoms with Crippen molar-refractivity contribution in [2.24, 2.45) is 0 Å². The molecule has 1 amide bonds. The van der Waals surface area contributed by atoms with Crippen molar-refractivity contribution in [3.05, 3.63) is 71.4 Å². The van der Waals surface area contributed by atoms with Gasteiger partial charge in [-0.2, -0.15) is 5.10 Å². The molecule has 3 aromatic rings. The highest BCUT2D eigenvalue weighted by Crippen LogP contribution is 2.18. The highest BCUT2D eigenvalue weighted by molar-refractivity contribution is 5.92. The summed E-state index contributed by atoms with van der Waals surface area (Å²) < 4.78 is 12.3. The topological polar surface area (TPSA) is 82.4 Å². The van der Waals surface area contributed by atoms with Gasteiger partial charge in [0.1, 0.15) is 11.6 Å². The first-order chi connectivity index (χ1) is 14.3. The van der Waals surface area contributed by atoms with E-state index in [0.717, 1.165) is 22.5 Å². The number of nitrogens with one attached hydrogen (secondary N) is 1. The van der Waals surface area contributed by atoms with E-state index < -0.39 is 24.6 Å². The Morgan fingerprint density at radius 2 is 1.60 bits per heavy atom. The van der Waals surface area contributed by atoms with Gasteiger partial charge in [-0.15, -0.1) is 0 Å². The molecular weight excluding hydrogens is 382 g/mol. The van der Waals surface area contributed by atoms with Crippen molar-refractivity contribution in [1.82, 2.24) is 9.78 Å². The zero-order chi connectivity index (χ0) is 21.7. The van der Waals surface area contributed by atoms with Gasteiger partial charge in [-0.05, 0) is 52.0 Å². The SMILES string of the molecule is Cc1ccc(OC(C)C(=O)OCC(=O)Nc2cc(C)nn2-c2ccc(C)cc2)cc1. The van der Waals surface area contributed by atoms with Crippen molar-refractivity contribution in [2.75, 3.05) is 11.9 Å². The van der Waals surface area contributed by atoms with E-state index in [1.54, 1.807) is 29.8 Å². The van der Waals surface area contributed by atoms with E-state index in [9.17, 15) is 9.59 Å². The van der Waals surface area contributed by atoms with Gasteiger partial charge in [-0.3, -0.25) is 4.79 Å². The number of benzene rings is 2. The van der Waals surface area contributed by atoms with Crippen molar-refractivity contribution in [3.8, 4) is 11.4 Å². The minimum atomic E-state index is -0.833. The maximum Gasteiger partial charge on any atom is 0.347 e. The summed E-state index contributed by atoms with van der Waals surface area (Å²) in [5.41, 5.74) is 3.79. The quantitative estimate of drug-likeness (QED) is 0.603. The van der Waals surface area contributed by atoms with Crippen LogP contribution in [0.2, 0.25) is 0 Å². The number of hydrogen-bond donors (Lipinski definition) is 1. The smallest absolute Gasteiger partial charge is 0.347 e. The Kier molecular flexibility index (Phi) is 6.51. The predicted molar refractivity (Wildman–Crippen MR) is 114 cm³/mol. The van der Waals surface area contributed by atoms with Crippen LogP contribution >= 0.6 is 0 Å². The molecule has 0 aliphatic rings. The fourth-order valence-electron chi connectivity index (χ4n) is 2.77. The molecule has 1 atom stereocenters. The number of hydrogen-bond acceptors (Lipinski definition) is 5. The van der Waals surface area contributed by atoms with Gasteiger partial charge in [-0.25, -0.2) is 9.48 Å². The third-order valence-electron chi connectivity index (χ3n) is 4.39. The molecule has 156 valence electrons. The monoisotopic (exact) mass is 407 g/mol. The summed E-state index contributed by atoms with van der Waals surface area (Å²) in [6.07, 6.45) is -0.833. The lowest BCUT2D eigenvalue weighted by Gasteiger charge is -2.14. The summed E-state index contributed by atoms with van der Waals surface area (Å²) >= 11 is 0. The average Bonchev–Trinajstić information content (AvgIpc) is 3.08. The lowest BCUT2D eigenvalue weighted by Crippen LogP contribution is -2.30. The van der Waals surface area contributed by atoms with Gasteiger partial charge >= 0.3 is 5.97 Å². The minimum Gasteiger partial charge on any atom is -0.479 e. The molecular formula is C23H25N3O4. The standard InChI is InChI=1S/C23H25N3O4/c1-15-5-9-19(10-6-15)26-21(13-17(3)25-26)24-22(27)14-29-23(28)18(4)30-20-11-7-16(2)8-12-20/h5-13,18H,14H2,1-4H3,(H,24,27). The Labute approximate surface area is 175 Å². The van der Waals surface area contributed by atoms with Crippen molar-refractivity contribution >= 4 is 17.7 Å². The second kappa shape index (κ2) is 9.26. The Bertz CT molecular complexity index is 1020. The number of nitrogens with zero attached hydrogens (tertiary/aromatic N) is 2. The van der Waals surface area contributed by atoms with Crippen LogP contribution in [0.25, 0.3) is 5.69 Å². The lowest BCUT2D eigenvalue weighted by atomic mass is 10.2. The Morgan fingerprint density at radius 3 is 2.23 bits per heavy atom. The minimum absolute atomic E-state index is 0.418. The van der Waals surface area contributed by atoms with Crippen LogP contribution in [0.4, 0.5) is 5.82 Å². The molecule has 0 saturated carbocycles. The van der Waals surface area contributed by atoms with E-state index in [1.807, 2.05) is 57.2 Å². The zero-order valence-corrected chi connectivity index (χ0v) is 17.5. The van der Waals surface area contributed by atoms with E-state index in [4.69, 9.17) is 9.47 Å². The van der Waals surface area contributed by atoms with Crippen LogP contribution in [0.1, 0.15) is 23.7 Å². The van der Waals surface area contributed by atoms with Gasteiger partial charge in [-0.1, -0.05) is 35.4 Å². The molecule has 1 unspecified atom stereocenters. The molecule has 0 aliphatic heterocycles. The normalized spacial score (nSPS) is 11.6. The number of carbonyl (C=O) groups is 2. The molecule has 3 rings (SSSR count). The molecule has 0 bridgehead atoms. The van der Waals surface area contributed by atoms with E-state index in [0.29, 0.717) is 11.6 Å². The van der Waals surface area contributed by atoms with Crippen LogP contribution in [0, 0.1) is 20.8 Å². The lowest BCUT2D eigenvalue weighted by molar-refractivity contribution is -0.153. The Morgan fingerprint density at radius 1 is 1.00 bits per heavy atom. The first kappa shape index (κ1) is 21.1. The molecule has 0 radical (unpaired) electrons. The first-order valence-corrected chi connectivity index (χ1v) is 9.65. The van der Waals surface area contributed by atoms with Crippen LogP contribution in [-0.2, 0) is 14.3 Å². The average molecular weight is 407 g/mol. The highest BCUT2D eigenvalue weighted by Gasteiger charge is 2.19. The molecule has 0 saturated heterocycles. The van der Waals surface area contributed by atoms with Gasteiger partial charge in [0.2, 0.25) is 0 Å². The molecule has 1 aromatic heterocycles. The summed E-state index contributed by atoms with van der Waals surface area (Å²) in [7, 11) is 0. The van der Waals surface area contributed by atoms with Gasteiger partial charge in [0.05, 0.1) is 11.4 Å². The van der Waals surface area contributed by atoms with Crippen LogP contribution in [-0.4, -0.2) is 34.4 Å². The fraction of sp³-hybridized carbons (Fsp3) is 0.261. The van der Waals surface area contributed by atoms with Gasteiger partial charge in [0.15, 0.2) is 12.7 Å². The predicted octanol–water partition coefficient (Wildman–Crippen LogP) is 3.75. The van der Waals surface area contributed by atoms with Crippen LogP contribution < -0.4 is 10.1 Å². The van der Waals surface area contributed by atoms with Crippen LogP contribution in [0.3, 0.4) is 0 Å². The van der Waals surface area contributed by atoms with Crippen molar-refractivity contribution < 1.29 is 19.1 Å². The molecule has 0 spiro atoms. The summed E-state index contributed by atoms with van der Waals surface area (Å²) in [5.74, 6) is -0.0126. The van der Waals surface area contributed by atoms with E-state index in [-0.39, 0.29) is 0 Å². The van der Waals surface area contributed by atoms with Crippen LogP contribution in [0.15, 0.2) is 54.6 Å². The number of aromatic nitrogens is 2. The number of carbonyl (C=O) groups excluding carboxylic acids is 2. The van der Waals surface area contributed by atoms with Crippen molar-refractivity contribution in [3.63, 3.8) is 0 Å². The number of amides is 1. The number of rotatable bonds is 7. The molecule has 2 aromatic carbocycles. The molecule has 1 heterocycles. The summed E-state index contributed by atoms with van der Waals surface area (Å²) in [6, 6.07) is 16.9. The molecule has 0 aliphatic carbocycles. The summed E-state index contributed by atoms with van der Waals surface area (Å²) in [6.45, 7) is 6.96. The Hall–Kier alpha value is -3.61. The largest absolute Gasteiger partial charge is 0.479 e. The molecule has 7 heteroatoms. The summed E-state index contributed by atoms with van der Waals surface area (Å²) in [5, 5.41) is 7.15. The third-order valence-corrected chi connectivity index (χ3v) is 4.39. The number of esters is 1. The summed E-state index contributed by atoms with van der Waals surface area (Å²) in [4.78, 5) is 24.5. The number of ether oxygens (including phenoxy) is 2. The molecule has 0 fully saturated rings. The van der Waals surface area contributed by atoms with Gasteiger partial charge < -0.3 is 14.8 Å². The number of aryl methyl sites for hydroxylation is 3. The molecule has 1 N–H and O–H groups in total. The van der Waals surface area contributed by atoms with Gasteiger partial charge in [0.25, 0.3) is 5.91 Å². The third kappa shape index (κ3) is 5.47. The molecule has 30 heavy (non-hydrogen) atoms. The van der Waals surface area contributed by atoms with Crippen molar-refractivity contribution in [2.45, 2.75) is 33.8 Å². The second-order valence-corrected chi connectivity index (χ2v) is 7.15. The second-order valence-electron chi connectivity index (χ2n) is 7.15. The highest BCUT2D eigenvalue weighted by atomic mass is 16.6. The first-order valence-electron chi connectivity index (χ1n) is 9.65. The van der Waals surface area contributed by atoms with E-state index in [2.05, 4.69) is 10.4 Å². The van der Waals surface area contributed by atoms with Gasteiger partial charge in [0, 0.05) is 6.07 Å². The van der Waals surface area contributed by atoms with E-state index >= 15 is 0 Å². The van der Waals surface area contributed by atoms with E-state index in [1.165, 1.54) is 0 Å². The number of anilines is 1. The van der Waals surface area contributed by atoms with Crippen molar-refractivity contribution in [1.29, 1.82) is 0 Å². The zero-order valence-electron chi connectivity index (χ0n) is 17.5. The molecule has 7 nitrogen and oxygen atoms in total. The Balaban J connectivity index is 1.56. The fourth-order valence-corrected chi connectivity index (χ4v) is 2.77. The maximum atomic E-state index is 12.3. The maximum absolute atomic E-state index is 12.3.